The molecule has 0 saturated carbocycles. The van der Waals surface area contributed by atoms with Gasteiger partial charge in [0, 0.05) is 12.6 Å². The van der Waals surface area contributed by atoms with Crippen molar-refractivity contribution in [1.29, 1.82) is 0 Å². The van der Waals surface area contributed by atoms with E-state index in [1.165, 1.54) is 12.8 Å². The van der Waals surface area contributed by atoms with Crippen molar-refractivity contribution in [2.24, 2.45) is 5.92 Å². The van der Waals surface area contributed by atoms with Crippen LogP contribution in [-0.2, 0) is 4.74 Å². The summed E-state index contributed by atoms with van der Waals surface area (Å²) in [6, 6.07) is 0.623. The minimum Gasteiger partial charge on any atom is -0.377 e. The number of ether oxygens (including phenoxy) is 1. The van der Waals surface area contributed by atoms with Crippen LogP contribution in [0.1, 0.15) is 47.5 Å². The van der Waals surface area contributed by atoms with Crippen molar-refractivity contribution in [3.63, 3.8) is 0 Å². The average Bonchev–Trinajstić information content (AvgIpc) is 2.12. The summed E-state index contributed by atoms with van der Waals surface area (Å²) in [5.41, 5.74) is 0. The molecule has 0 fully saturated rings. The van der Waals surface area contributed by atoms with E-state index in [4.69, 9.17) is 4.74 Å². The number of nitrogens with one attached hydrogen (secondary N) is 1. The maximum absolute atomic E-state index is 5.67. The van der Waals surface area contributed by atoms with E-state index in [1.54, 1.807) is 0 Å². The number of rotatable bonds is 8. The number of hydrogen-bond donors (Lipinski definition) is 1. The third-order valence-electron chi connectivity index (χ3n) is 2.64. The van der Waals surface area contributed by atoms with Crippen molar-refractivity contribution >= 4 is 0 Å². The van der Waals surface area contributed by atoms with Gasteiger partial charge in [0.2, 0.25) is 0 Å². The summed E-state index contributed by atoms with van der Waals surface area (Å²) >= 11 is 0. The molecular weight excluding hydrogens is 174 g/mol. The van der Waals surface area contributed by atoms with Gasteiger partial charge in [0.1, 0.15) is 0 Å². The Labute approximate surface area is 89.4 Å². The summed E-state index contributed by atoms with van der Waals surface area (Å²) in [6.45, 7) is 12.8. The van der Waals surface area contributed by atoms with Crippen LogP contribution in [0.4, 0.5) is 0 Å². The van der Waals surface area contributed by atoms with Crippen molar-refractivity contribution in [3.05, 3.63) is 0 Å². The quantitative estimate of drug-likeness (QED) is 0.610. The van der Waals surface area contributed by atoms with E-state index in [2.05, 4.69) is 39.9 Å². The summed E-state index contributed by atoms with van der Waals surface area (Å²) in [5.74, 6) is 0.614. The molecule has 2 heteroatoms. The number of hydrogen-bond acceptors (Lipinski definition) is 2. The van der Waals surface area contributed by atoms with Gasteiger partial charge in [-0.15, -0.1) is 0 Å². The van der Waals surface area contributed by atoms with Gasteiger partial charge in [0.25, 0.3) is 0 Å². The van der Waals surface area contributed by atoms with Crippen LogP contribution in [0, 0.1) is 5.92 Å². The normalized spacial score (nSPS) is 15.9. The third-order valence-corrected chi connectivity index (χ3v) is 2.64. The minimum atomic E-state index is 0.373. The predicted octanol–water partition coefficient (Wildman–Crippen LogP) is 2.83. The van der Waals surface area contributed by atoms with Crippen molar-refractivity contribution in [2.75, 3.05) is 13.2 Å². The predicted molar refractivity (Wildman–Crippen MR) is 62.6 cm³/mol. The molecule has 0 aromatic heterocycles. The van der Waals surface area contributed by atoms with Gasteiger partial charge >= 0.3 is 0 Å². The van der Waals surface area contributed by atoms with Crippen molar-refractivity contribution in [3.8, 4) is 0 Å². The van der Waals surface area contributed by atoms with Crippen LogP contribution < -0.4 is 5.32 Å². The lowest BCUT2D eigenvalue weighted by Crippen LogP contribution is -2.30. The summed E-state index contributed by atoms with van der Waals surface area (Å²) in [7, 11) is 0. The van der Waals surface area contributed by atoms with Gasteiger partial charge in [0.15, 0.2) is 0 Å². The molecule has 0 aromatic rings. The zero-order chi connectivity index (χ0) is 11.0. The van der Waals surface area contributed by atoms with Crippen molar-refractivity contribution in [1.82, 2.24) is 5.32 Å². The Morgan fingerprint density at radius 2 is 1.79 bits per heavy atom. The van der Waals surface area contributed by atoms with E-state index in [9.17, 15) is 0 Å². The minimum absolute atomic E-state index is 0.373. The maximum atomic E-state index is 5.67. The van der Waals surface area contributed by atoms with Crippen LogP contribution in [0.15, 0.2) is 0 Å². The summed E-state index contributed by atoms with van der Waals surface area (Å²) < 4.78 is 5.67. The first-order valence-corrected chi connectivity index (χ1v) is 5.92. The Balaban J connectivity index is 3.28. The lowest BCUT2D eigenvalue weighted by Gasteiger charge is -2.18. The van der Waals surface area contributed by atoms with Crippen LogP contribution >= 0.6 is 0 Å². The topological polar surface area (TPSA) is 21.3 Å². The standard InChI is InChI=1S/C12H27NO/c1-6-7-11(4)13-8-9-14-12(5)10(2)3/h10-13H,6-9H2,1-5H3. The van der Waals surface area contributed by atoms with Crippen LogP contribution in [0.25, 0.3) is 0 Å². The molecule has 1 N–H and O–H groups in total. The molecule has 0 aliphatic rings. The molecule has 0 aliphatic carbocycles. The lowest BCUT2D eigenvalue weighted by atomic mass is 10.1. The van der Waals surface area contributed by atoms with Gasteiger partial charge in [0.05, 0.1) is 12.7 Å². The summed E-state index contributed by atoms with van der Waals surface area (Å²) in [6.07, 6.45) is 2.87. The van der Waals surface area contributed by atoms with Gasteiger partial charge in [-0.1, -0.05) is 27.2 Å². The fourth-order valence-electron chi connectivity index (χ4n) is 1.28. The molecule has 0 rings (SSSR count). The highest BCUT2D eigenvalue weighted by Gasteiger charge is 2.06. The SMILES string of the molecule is CCCC(C)NCCOC(C)C(C)C. The molecule has 0 spiro atoms. The molecule has 86 valence electrons. The smallest absolute Gasteiger partial charge is 0.0594 e. The summed E-state index contributed by atoms with van der Waals surface area (Å²) in [5, 5.41) is 3.45. The van der Waals surface area contributed by atoms with Crippen LogP contribution in [0.5, 0.6) is 0 Å². The van der Waals surface area contributed by atoms with Crippen molar-refractivity contribution in [2.45, 2.75) is 59.6 Å². The fraction of sp³-hybridized carbons (Fsp3) is 1.00. The molecule has 0 bridgehead atoms. The van der Waals surface area contributed by atoms with Crippen LogP contribution in [0.3, 0.4) is 0 Å². The first-order valence-electron chi connectivity index (χ1n) is 5.92. The average molecular weight is 201 g/mol. The molecule has 0 amide bonds. The monoisotopic (exact) mass is 201 g/mol. The highest BCUT2D eigenvalue weighted by molar-refractivity contribution is 4.60. The highest BCUT2D eigenvalue weighted by Crippen LogP contribution is 2.04. The van der Waals surface area contributed by atoms with Gasteiger partial charge in [-0.3, -0.25) is 0 Å². The Bertz CT molecular complexity index is 125. The highest BCUT2D eigenvalue weighted by atomic mass is 16.5. The molecule has 0 saturated heterocycles. The molecule has 14 heavy (non-hydrogen) atoms. The second kappa shape index (κ2) is 8.25. The van der Waals surface area contributed by atoms with E-state index in [1.807, 2.05) is 0 Å². The molecule has 0 heterocycles. The second-order valence-corrected chi connectivity index (χ2v) is 4.46. The van der Waals surface area contributed by atoms with E-state index >= 15 is 0 Å². The zero-order valence-corrected chi connectivity index (χ0v) is 10.5. The molecular formula is C12H27NO. The molecule has 0 radical (unpaired) electrons. The largest absolute Gasteiger partial charge is 0.377 e. The molecule has 2 atom stereocenters. The van der Waals surface area contributed by atoms with E-state index in [0.29, 0.717) is 18.1 Å². The van der Waals surface area contributed by atoms with E-state index in [-0.39, 0.29) is 0 Å². The zero-order valence-electron chi connectivity index (χ0n) is 10.5. The van der Waals surface area contributed by atoms with Gasteiger partial charge in [-0.2, -0.15) is 0 Å². The molecule has 0 aromatic carbocycles. The first-order chi connectivity index (χ1) is 6.57. The Morgan fingerprint density at radius 3 is 2.29 bits per heavy atom. The maximum Gasteiger partial charge on any atom is 0.0594 e. The Hall–Kier alpha value is -0.0800. The van der Waals surface area contributed by atoms with E-state index < -0.39 is 0 Å². The third kappa shape index (κ3) is 7.34. The molecule has 0 aliphatic heterocycles. The van der Waals surface area contributed by atoms with Gasteiger partial charge < -0.3 is 10.1 Å². The van der Waals surface area contributed by atoms with Gasteiger partial charge in [-0.25, -0.2) is 0 Å². The molecule has 2 unspecified atom stereocenters. The van der Waals surface area contributed by atoms with Crippen molar-refractivity contribution < 1.29 is 4.74 Å². The Kier molecular flexibility index (Phi) is 8.20. The fourth-order valence-corrected chi connectivity index (χ4v) is 1.28. The van der Waals surface area contributed by atoms with Crippen LogP contribution in [0.2, 0.25) is 0 Å². The molecule has 2 nitrogen and oxygen atoms in total. The lowest BCUT2D eigenvalue weighted by molar-refractivity contribution is 0.0365. The Morgan fingerprint density at radius 1 is 1.14 bits per heavy atom. The van der Waals surface area contributed by atoms with E-state index in [0.717, 1.165) is 13.2 Å². The first kappa shape index (κ1) is 13.9. The second-order valence-electron chi connectivity index (χ2n) is 4.46. The van der Waals surface area contributed by atoms with Crippen LogP contribution in [-0.4, -0.2) is 25.3 Å². The summed E-state index contributed by atoms with van der Waals surface area (Å²) in [4.78, 5) is 0. The van der Waals surface area contributed by atoms with Gasteiger partial charge in [-0.05, 0) is 26.2 Å².